The number of aromatic nitrogens is 2. The number of nitrogens with zero attached hydrogens (tertiary/aromatic N) is 2. The summed E-state index contributed by atoms with van der Waals surface area (Å²) in [5, 5.41) is 6.87. The number of thiophene rings is 1. The van der Waals surface area contributed by atoms with Gasteiger partial charge in [-0.2, -0.15) is 0 Å². The van der Waals surface area contributed by atoms with E-state index in [2.05, 4.69) is 15.3 Å². The van der Waals surface area contributed by atoms with Gasteiger partial charge in [0.05, 0.1) is 16.5 Å². The molecular formula is C14H9Cl2N3OS2. The second kappa shape index (κ2) is 6.83. The van der Waals surface area contributed by atoms with Crippen LogP contribution >= 0.6 is 46.3 Å². The maximum Gasteiger partial charge on any atom is 0.234 e. The van der Waals surface area contributed by atoms with Crippen molar-refractivity contribution < 1.29 is 4.79 Å². The van der Waals surface area contributed by atoms with Gasteiger partial charge in [0.15, 0.2) is 5.16 Å². The fourth-order valence-corrected chi connectivity index (χ4v) is 3.73. The van der Waals surface area contributed by atoms with Gasteiger partial charge >= 0.3 is 0 Å². The lowest BCUT2D eigenvalue weighted by molar-refractivity contribution is -0.113. The van der Waals surface area contributed by atoms with Crippen LogP contribution in [0.3, 0.4) is 0 Å². The summed E-state index contributed by atoms with van der Waals surface area (Å²) in [4.78, 5) is 21.3. The minimum Gasteiger partial charge on any atom is -0.324 e. The van der Waals surface area contributed by atoms with E-state index in [1.54, 1.807) is 18.2 Å². The normalized spacial score (nSPS) is 10.8. The van der Waals surface area contributed by atoms with E-state index < -0.39 is 0 Å². The predicted octanol–water partition coefficient (Wildman–Crippen LogP) is 4.73. The van der Waals surface area contributed by atoms with Crippen LogP contribution in [0.5, 0.6) is 0 Å². The van der Waals surface area contributed by atoms with Crippen LogP contribution in [-0.2, 0) is 4.79 Å². The molecule has 0 aliphatic heterocycles. The van der Waals surface area contributed by atoms with Crippen molar-refractivity contribution in [1.29, 1.82) is 0 Å². The van der Waals surface area contributed by atoms with E-state index in [0.29, 0.717) is 21.0 Å². The molecule has 0 unspecified atom stereocenters. The van der Waals surface area contributed by atoms with E-state index in [9.17, 15) is 4.79 Å². The van der Waals surface area contributed by atoms with Crippen LogP contribution in [0.2, 0.25) is 10.2 Å². The first-order valence-corrected chi connectivity index (χ1v) is 8.83. The lowest BCUT2D eigenvalue weighted by atomic mass is 10.3. The maximum atomic E-state index is 12.0. The molecule has 3 aromatic rings. The molecule has 4 nitrogen and oxygen atoms in total. The summed E-state index contributed by atoms with van der Waals surface area (Å²) in [6.07, 6.45) is 0. The Morgan fingerprint density at radius 1 is 1.23 bits per heavy atom. The van der Waals surface area contributed by atoms with Crippen LogP contribution in [0.25, 0.3) is 10.2 Å². The number of rotatable bonds is 4. The Balaban J connectivity index is 1.66. The van der Waals surface area contributed by atoms with Gasteiger partial charge in [0.25, 0.3) is 0 Å². The second-order valence-electron chi connectivity index (χ2n) is 4.25. The van der Waals surface area contributed by atoms with Crippen LogP contribution in [0.4, 0.5) is 5.69 Å². The van der Waals surface area contributed by atoms with Crippen molar-refractivity contribution in [3.63, 3.8) is 0 Å². The molecule has 0 bridgehead atoms. The highest BCUT2D eigenvalue weighted by Gasteiger charge is 2.10. The number of amides is 1. The molecule has 0 saturated heterocycles. The van der Waals surface area contributed by atoms with Gasteiger partial charge in [-0.25, -0.2) is 9.97 Å². The van der Waals surface area contributed by atoms with Crippen molar-refractivity contribution in [2.75, 3.05) is 11.1 Å². The van der Waals surface area contributed by atoms with Crippen LogP contribution in [0, 0.1) is 0 Å². The third-order valence-corrected chi connectivity index (χ3v) is 5.01. The Labute approximate surface area is 144 Å². The monoisotopic (exact) mass is 369 g/mol. The number of carbonyl (C=O) groups excluding carboxylic acids is 1. The predicted molar refractivity (Wildman–Crippen MR) is 93.2 cm³/mol. The standard InChI is InChI=1S/C14H9Cl2N3OS2/c15-9-3-1-2-4-10(9)17-11(20)7-22-14-18-12(16)8-5-6-21-13(8)19-14/h1-6H,7H2,(H,17,20). The van der Waals surface area contributed by atoms with Crippen LogP contribution in [0.15, 0.2) is 40.9 Å². The molecule has 2 aromatic heterocycles. The first kappa shape index (κ1) is 15.6. The summed E-state index contributed by atoms with van der Waals surface area (Å²) in [5.74, 6) is 0.00224. The van der Waals surface area contributed by atoms with E-state index >= 15 is 0 Å². The highest BCUT2D eigenvalue weighted by atomic mass is 35.5. The molecule has 0 radical (unpaired) electrons. The molecule has 0 spiro atoms. The number of halogens is 2. The fraction of sp³-hybridized carbons (Fsp3) is 0.0714. The van der Waals surface area contributed by atoms with Gasteiger partial charge in [-0.1, -0.05) is 47.1 Å². The topological polar surface area (TPSA) is 54.9 Å². The molecule has 1 N–H and O–H groups in total. The molecule has 22 heavy (non-hydrogen) atoms. The van der Waals surface area contributed by atoms with Crippen molar-refractivity contribution in [2.45, 2.75) is 5.16 Å². The minimum absolute atomic E-state index is 0.177. The Kier molecular flexibility index (Phi) is 4.83. The average molecular weight is 370 g/mol. The molecule has 1 amide bonds. The van der Waals surface area contributed by atoms with E-state index in [1.807, 2.05) is 17.5 Å². The molecule has 0 fully saturated rings. The lowest BCUT2D eigenvalue weighted by Gasteiger charge is -2.06. The zero-order valence-electron chi connectivity index (χ0n) is 11.0. The van der Waals surface area contributed by atoms with Crippen molar-refractivity contribution in [3.8, 4) is 0 Å². The number of para-hydroxylation sites is 1. The van der Waals surface area contributed by atoms with Crippen LogP contribution < -0.4 is 5.32 Å². The quantitative estimate of drug-likeness (QED) is 0.410. The minimum atomic E-state index is -0.177. The molecule has 2 heterocycles. The third-order valence-electron chi connectivity index (χ3n) is 2.74. The fourth-order valence-electron chi connectivity index (χ4n) is 1.74. The van der Waals surface area contributed by atoms with Gasteiger partial charge < -0.3 is 5.32 Å². The van der Waals surface area contributed by atoms with Crippen molar-refractivity contribution >= 4 is 68.1 Å². The number of anilines is 1. The Hall–Kier alpha value is -1.34. The van der Waals surface area contributed by atoms with Gasteiger partial charge in [0, 0.05) is 5.39 Å². The molecule has 0 aliphatic rings. The number of nitrogens with one attached hydrogen (secondary N) is 1. The average Bonchev–Trinajstić information content (AvgIpc) is 2.97. The smallest absolute Gasteiger partial charge is 0.234 e. The summed E-state index contributed by atoms with van der Waals surface area (Å²) in [6.45, 7) is 0. The van der Waals surface area contributed by atoms with Gasteiger partial charge in [-0.05, 0) is 23.6 Å². The molecule has 0 atom stereocenters. The summed E-state index contributed by atoms with van der Waals surface area (Å²) < 4.78 is 0. The first-order valence-electron chi connectivity index (χ1n) is 6.21. The van der Waals surface area contributed by atoms with Crippen LogP contribution in [0.1, 0.15) is 0 Å². The van der Waals surface area contributed by atoms with E-state index in [1.165, 1.54) is 23.1 Å². The van der Waals surface area contributed by atoms with E-state index in [-0.39, 0.29) is 11.7 Å². The first-order chi connectivity index (χ1) is 10.6. The number of carbonyl (C=O) groups is 1. The zero-order chi connectivity index (χ0) is 15.5. The summed E-state index contributed by atoms with van der Waals surface area (Å²) in [5.41, 5.74) is 0.586. The summed E-state index contributed by atoms with van der Waals surface area (Å²) in [7, 11) is 0. The SMILES string of the molecule is O=C(CSc1nc(Cl)c2ccsc2n1)Nc1ccccc1Cl. The second-order valence-corrected chi connectivity index (χ2v) is 6.86. The zero-order valence-corrected chi connectivity index (χ0v) is 14.2. The Morgan fingerprint density at radius 2 is 2.05 bits per heavy atom. The number of thioether (sulfide) groups is 1. The highest BCUT2D eigenvalue weighted by Crippen LogP contribution is 2.28. The van der Waals surface area contributed by atoms with Gasteiger partial charge in [-0.15, -0.1) is 11.3 Å². The van der Waals surface area contributed by atoms with E-state index in [0.717, 1.165) is 10.2 Å². The maximum absolute atomic E-state index is 12.0. The van der Waals surface area contributed by atoms with Gasteiger partial charge in [0.2, 0.25) is 5.91 Å². The summed E-state index contributed by atoms with van der Waals surface area (Å²) in [6, 6.07) is 8.95. The number of benzene rings is 1. The van der Waals surface area contributed by atoms with Crippen molar-refractivity contribution in [2.24, 2.45) is 0 Å². The third kappa shape index (κ3) is 3.52. The number of hydrogen-bond donors (Lipinski definition) is 1. The molecule has 1 aromatic carbocycles. The lowest BCUT2D eigenvalue weighted by Crippen LogP contribution is -2.14. The Morgan fingerprint density at radius 3 is 2.86 bits per heavy atom. The van der Waals surface area contributed by atoms with Crippen LogP contribution in [-0.4, -0.2) is 21.6 Å². The molecule has 0 saturated carbocycles. The van der Waals surface area contributed by atoms with Crippen molar-refractivity contribution in [1.82, 2.24) is 9.97 Å². The largest absolute Gasteiger partial charge is 0.324 e. The molecule has 3 rings (SSSR count). The molecule has 0 aliphatic carbocycles. The molecule has 8 heteroatoms. The van der Waals surface area contributed by atoms with Crippen molar-refractivity contribution in [3.05, 3.63) is 45.9 Å². The number of fused-ring (bicyclic) bond motifs is 1. The summed E-state index contributed by atoms with van der Waals surface area (Å²) >= 11 is 14.8. The Bertz CT molecular complexity index is 838. The molecule has 112 valence electrons. The van der Waals surface area contributed by atoms with E-state index in [4.69, 9.17) is 23.2 Å². The van der Waals surface area contributed by atoms with Gasteiger partial charge in [0.1, 0.15) is 9.98 Å². The van der Waals surface area contributed by atoms with Gasteiger partial charge in [-0.3, -0.25) is 4.79 Å². The molecular weight excluding hydrogens is 361 g/mol. The number of hydrogen-bond acceptors (Lipinski definition) is 5. The highest BCUT2D eigenvalue weighted by molar-refractivity contribution is 7.99.